The molecule has 0 saturated heterocycles. The number of aromatic amines is 1. The van der Waals surface area contributed by atoms with Crippen molar-refractivity contribution >= 4 is 23.2 Å². The molecule has 0 spiro atoms. The van der Waals surface area contributed by atoms with E-state index in [2.05, 4.69) is 16.3 Å². The van der Waals surface area contributed by atoms with Crippen LogP contribution >= 0.6 is 23.2 Å². The molecule has 0 aliphatic heterocycles. The molecule has 2 aromatic rings. The molecule has 1 N–H and O–H groups in total. The fourth-order valence-electron chi connectivity index (χ4n) is 1.77. The highest BCUT2D eigenvalue weighted by atomic mass is 35.5. The van der Waals surface area contributed by atoms with Gasteiger partial charge in [-0.2, -0.15) is 5.10 Å². The highest BCUT2D eigenvalue weighted by Crippen LogP contribution is 2.40. The number of halogens is 2. The summed E-state index contributed by atoms with van der Waals surface area (Å²) in [5, 5.41) is 8.70. The van der Waals surface area contributed by atoms with Crippen LogP contribution in [0.15, 0.2) is 24.3 Å². The number of nitrogens with zero attached hydrogens (tertiary/aromatic N) is 1. The standard InChI is InChI=1S/C12H10Cl2N2/c13-8-3-4-10(14)9(5-8)12-6-11(15-16-12)7-1-2-7/h3-7H,1-2H2,(H,15,16). The Bertz CT molecular complexity index is 530. The van der Waals surface area contributed by atoms with Gasteiger partial charge in [-0.15, -0.1) is 0 Å². The van der Waals surface area contributed by atoms with Crippen LogP contribution in [0.25, 0.3) is 11.3 Å². The smallest absolute Gasteiger partial charge is 0.0939 e. The molecule has 3 rings (SSSR count). The third-order valence-corrected chi connectivity index (χ3v) is 3.38. The fraction of sp³-hybridized carbons (Fsp3) is 0.250. The van der Waals surface area contributed by atoms with E-state index in [1.165, 1.54) is 18.5 Å². The number of aromatic nitrogens is 2. The van der Waals surface area contributed by atoms with Crippen molar-refractivity contribution in [1.82, 2.24) is 10.2 Å². The van der Waals surface area contributed by atoms with Gasteiger partial charge in [-0.05, 0) is 37.1 Å². The lowest BCUT2D eigenvalue weighted by Gasteiger charge is -2.00. The van der Waals surface area contributed by atoms with Crippen LogP contribution in [-0.2, 0) is 0 Å². The summed E-state index contributed by atoms with van der Waals surface area (Å²) in [6, 6.07) is 7.48. The second kappa shape index (κ2) is 3.79. The van der Waals surface area contributed by atoms with Gasteiger partial charge in [-0.25, -0.2) is 0 Å². The Morgan fingerprint density at radius 3 is 2.75 bits per heavy atom. The molecule has 1 aromatic carbocycles. The Balaban J connectivity index is 2.03. The van der Waals surface area contributed by atoms with Crippen molar-refractivity contribution < 1.29 is 0 Å². The molecule has 82 valence electrons. The van der Waals surface area contributed by atoms with E-state index in [0.717, 1.165) is 11.3 Å². The van der Waals surface area contributed by atoms with Gasteiger partial charge in [0.15, 0.2) is 0 Å². The Kier molecular flexibility index (Phi) is 2.41. The van der Waals surface area contributed by atoms with Crippen LogP contribution in [0.2, 0.25) is 10.0 Å². The summed E-state index contributed by atoms with van der Waals surface area (Å²) in [5.41, 5.74) is 2.96. The van der Waals surface area contributed by atoms with Crippen LogP contribution in [0, 0.1) is 0 Å². The number of nitrogens with one attached hydrogen (secondary N) is 1. The first-order valence-electron chi connectivity index (χ1n) is 5.25. The summed E-state index contributed by atoms with van der Waals surface area (Å²) in [6.45, 7) is 0. The zero-order chi connectivity index (χ0) is 11.1. The van der Waals surface area contributed by atoms with Crippen molar-refractivity contribution in [3.8, 4) is 11.3 Å². The van der Waals surface area contributed by atoms with Crippen LogP contribution < -0.4 is 0 Å². The Labute approximate surface area is 104 Å². The molecule has 2 nitrogen and oxygen atoms in total. The molecule has 4 heteroatoms. The summed E-state index contributed by atoms with van der Waals surface area (Å²) in [4.78, 5) is 0. The largest absolute Gasteiger partial charge is 0.282 e. The first-order valence-corrected chi connectivity index (χ1v) is 6.00. The predicted molar refractivity (Wildman–Crippen MR) is 66.0 cm³/mol. The number of benzene rings is 1. The first-order chi connectivity index (χ1) is 7.74. The van der Waals surface area contributed by atoms with Gasteiger partial charge in [0.05, 0.1) is 10.7 Å². The van der Waals surface area contributed by atoms with E-state index >= 15 is 0 Å². The second-order valence-corrected chi connectivity index (χ2v) is 4.95. The van der Waals surface area contributed by atoms with E-state index in [-0.39, 0.29) is 0 Å². The molecule has 0 bridgehead atoms. The summed E-state index contributed by atoms with van der Waals surface area (Å²) in [5.74, 6) is 0.666. The number of hydrogen-bond acceptors (Lipinski definition) is 1. The predicted octanol–water partition coefficient (Wildman–Crippen LogP) is 4.26. The van der Waals surface area contributed by atoms with Crippen molar-refractivity contribution in [2.75, 3.05) is 0 Å². The topological polar surface area (TPSA) is 28.7 Å². The number of H-pyrrole nitrogens is 1. The van der Waals surface area contributed by atoms with Crippen molar-refractivity contribution in [1.29, 1.82) is 0 Å². The van der Waals surface area contributed by atoms with Crippen LogP contribution in [0.5, 0.6) is 0 Å². The maximum Gasteiger partial charge on any atom is 0.0939 e. The van der Waals surface area contributed by atoms with Crippen LogP contribution in [0.1, 0.15) is 24.5 Å². The molecular weight excluding hydrogens is 243 g/mol. The molecule has 1 heterocycles. The minimum atomic E-state index is 0.666. The van der Waals surface area contributed by atoms with Crippen LogP contribution in [-0.4, -0.2) is 10.2 Å². The zero-order valence-corrected chi connectivity index (χ0v) is 10.0. The van der Waals surface area contributed by atoms with E-state index in [0.29, 0.717) is 16.0 Å². The van der Waals surface area contributed by atoms with Gasteiger partial charge in [0.25, 0.3) is 0 Å². The van der Waals surface area contributed by atoms with Gasteiger partial charge < -0.3 is 0 Å². The molecule has 16 heavy (non-hydrogen) atoms. The average Bonchev–Trinajstić information content (AvgIpc) is 3.01. The van der Waals surface area contributed by atoms with Crippen molar-refractivity contribution in [2.24, 2.45) is 0 Å². The minimum Gasteiger partial charge on any atom is -0.282 e. The van der Waals surface area contributed by atoms with E-state index in [1.54, 1.807) is 12.1 Å². The van der Waals surface area contributed by atoms with Gasteiger partial charge in [-0.3, -0.25) is 5.10 Å². The zero-order valence-electron chi connectivity index (χ0n) is 8.50. The van der Waals surface area contributed by atoms with E-state index in [4.69, 9.17) is 23.2 Å². The molecule has 1 aliphatic rings. The molecule has 0 unspecified atom stereocenters. The van der Waals surface area contributed by atoms with Gasteiger partial charge in [0.1, 0.15) is 0 Å². The molecule has 0 amide bonds. The minimum absolute atomic E-state index is 0.666. The maximum absolute atomic E-state index is 6.12. The summed E-state index contributed by atoms with van der Waals surface area (Å²) < 4.78 is 0. The van der Waals surface area contributed by atoms with Crippen molar-refractivity contribution in [3.63, 3.8) is 0 Å². The van der Waals surface area contributed by atoms with Crippen molar-refractivity contribution in [3.05, 3.63) is 40.0 Å². The highest BCUT2D eigenvalue weighted by Gasteiger charge is 2.25. The molecule has 0 atom stereocenters. The summed E-state index contributed by atoms with van der Waals surface area (Å²) >= 11 is 12.1. The Morgan fingerprint density at radius 1 is 1.19 bits per heavy atom. The normalized spacial score (nSPS) is 15.4. The van der Waals surface area contributed by atoms with E-state index in [9.17, 15) is 0 Å². The van der Waals surface area contributed by atoms with E-state index in [1.807, 2.05) is 6.07 Å². The lowest BCUT2D eigenvalue weighted by Crippen LogP contribution is -1.79. The summed E-state index contributed by atoms with van der Waals surface area (Å²) in [7, 11) is 0. The van der Waals surface area contributed by atoms with Gasteiger partial charge >= 0.3 is 0 Å². The van der Waals surface area contributed by atoms with Gasteiger partial charge in [0, 0.05) is 22.2 Å². The lowest BCUT2D eigenvalue weighted by molar-refractivity contribution is 0.967. The van der Waals surface area contributed by atoms with Crippen LogP contribution in [0.4, 0.5) is 0 Å². The molecule has 1 fully saturated rings. The number of hydrogen-bond donors (Lipinski definition) is 1. The third-order valence-electron chi connectivity index (χ3n) is 2.82. The molecular formula is C12H10Cl2N2. The van der Waals surface area contributed by atoms with Crippen molar-refractivity contribution in [2.45, 2.75) is 18.8 Å². The molecule has 1 aromatic heterocycles. The SMILES string of the molecule is Clc1ccc(Cl)c(-c2cc(C3CC3)[nH]n2)c1. The first kappa shape index (κ1) is 10.2. The Morgan fingerprint density at radius 2 is 2.00 bits per heavy atom. The second-order valence-electron chi connectivity index (χ2n) is 4.11. The lowest BCUT2D eigenvalue weighted by atomic mass is 10.1. The fourth-order valence-corrected chi connectivity index (χ4v) is 2.16. The van der Waals surface area contributed by atoms with Gasteiger partial charge in [-0.1, -0.05) is 23.2 Å². The molecule has 0 radical (unpaired) electrons. The van der Waals surface area contributed by atoms with Gasteiger partial charge in [0.2, 0.25) is 0 Å². The molecule has 1 saturated carbocycles. The molecule has 1 aliphatic carbocycles. The maximum atomic E-state index is 6.12. The number of rotatable bonds is 2. The third kappa shape index (κ3) is 1.83. The highest BCUT2D eigenvalue weighted by molar-refractivity contribution is 6.35. The Hall–Kier alpha value is -0.990. The summed E-state index contributed by atoms with van der Waals surface area (Å²) in [6.07, 6.45) is 2.51. The van der Waals surface area contributed by atoms with Crippen LogP contribution in [0.3, 0.4) is 0 Å². The monoisotopic (exact) mass is 252 g/mol. The van der Waals surface area contributed by atoms with E-state index < -0.39 is 0 Å². The average molecular weight is 253 g/mol. The quantitative estimate of drug-likeness (QED) is 0.850.